The minimum absolute atomic E-state index is 0.0217. The number of oxime groups is 1. The molecule has 0 aliphatic carbocycles. The molecule has 0 unspecified atom stereocenters. The van der Waals surface area contributed by atoms with E-state index in [-0.39, 0.29) is 45.1 Å². The molecule has 7 nitrogen and oxygen atoms in total. The van der Waals surface area contributed by atoms with Crippen molar-refractivity contribution in [3.8, 4) is 5.69 Å². The van der Waals surface area contributed by atoms with Crippen LogP contribution in [0.3, 0.4) is 0 Å². The first-order chi connectivity index (χ1) is 18.9. The summed E-state index contributed by atoms with van der Waals surface area (Å²) in [6, 6.07) is 15.5. The summed E-state index contributed by atoms with van der Waals surface area (Å²) in [7, 11) is 0. The zero-order valence-electron chi connectivity index (χ0n) is 21.7. The molecule has 0 aliphatic heterocycles. The standard InChI is InChI=1S/C29H24Cl2F2N4O3/c1-29(2,3)28(39)35-24-9-4-6-19(34-24)16-40-36-26(20-12-11-18(32)14-23(20)33)17-10-13-25(38)37(15-17)27-21(30)7-5-8-22(27)31/h4-15H,16H2,1-3H3,(H,34,35,39). The Morgan fingerprint density at radius 3 is 2.40 bits per heavy atom. The zero-order chi connectivity index (χ0) is 29.0. The number of hydrogen-bond acceptors (Lipinski definition) is 5. The number of para-hydroxylation sites is 1. The van der Waals surface area contributed by atoms with Gasteiger partial charge in [-0.3, -0.25) is 14.2 Å². The van der Waals surface area contributed by atoms with Crippen molar-refractivity contribution in [2.45, 2.75) is 27.4 Å². The normalized spacial score (nSPS) is 11.8. The minimum atomic E-state index is -0.888. The van der Waals surface area contributed by atoms with Gasteiger partial charge in [-0.05, 0) is 42.5 Å². The Morgan fingerprint density at radius 2 is 1.73 bits per heavy atom. The summed E-state index contributed by atoms with van der Waals surface area (Å²) in [5.41, 5.74) is -0.227. The number of halogens is 4. The van der Waals surface area contributed by atoms with Crippen LogP contribution in [0, 0.1) is 17.0 Å². The summed E-state index contributed by atoms with van der Waals surface area (Å²) >= 11 is 12.6. The van der Waals surface area contributed by atoms with E-state index in [1.54, 1.807) is 57.2 Å². The van der Waals surface area contributed by atoms with Crippen LogP contribution in [0.1, 0.15) is 37.6 Å². The van der Waals surface area contributed by atoms with Crippen molar-refractivity contribution in [2.75, 3.05) is 5.32 Å². The van der Waals surface area contributed by atoms with Crippen LogP contribution < -0.4 is 10.9 Å². The number of rotatable bonds is 7. The van der Waals surface area contributed by atoms with E-state index in [4.69, 9.17) is 28.0 Å². The second kappa shape index (κ2) is 12.0. The second-order valence-electron chi connectivity index (χ2n) is 9.75. The first-order valence-electron chi connectivity index (χ1n) is 12.0. The summed E-state index contributed by atoms with van der Waals surface area (Å²) < 4.78 is 29.8. The Kier molecular flexibility index (Phi) is 8.66. The maximum atomic E-state index is 14.9. The molecule has 1 N–H and O–H groups in total. The van der Waals surface area contributed by atoms with Gasteiger partial charge in [-0.15, -0.1) is 0 Å². The Hall–Kier alpha value is -4.08. The van der Waals surface area contributed by atoms with Gasteiger partial charge < -0.3 is 10.2 Å². The van der Waals surface area contributed by atoms with Gasteiger partial charge in [0.1, 0.15) is 23.2 Å². The maximum Gasteiger partial charge on any atom is 0.255 e. The molecule has 2 aromatic heterocycles. The van der Waals surface area contributed by atoms with Gasteiger partial charge in [0, 0.05) is 34.9 Å². The minimum Gasteiger partial charge on any atom is -0.389 e. The number of nitrogens with one attached hydrogen (secondary N) is 1. The number of benzene rings is 2. The SMILES string of the molecule is CC(C)(C)C(=O)Nc1cccc(CON=C(c2ccc(=O)n(-c3c(Cl)cccc3Cl)c2)c2ccc(F)cc2F)n1. The van der Waals surface area contributed by atoms with Gasteiger partial charge in [0.15, 0.2) is 6.61 Å². The van der Waals surface area contributed by atoms with Crippen molar-refractivity contribution in [3.05, 3.63) is 122 Å². The molecule has 0 aliphatic rings. The lowest BCUT2D eigenvalue weighted by Crippen LogP contribution is -2.28. The van der Waals surface area contributed by atoms with Crippen LogP contribution >= 0.6 is 23.2 Å². The van der Waals surface area contributed by atoms with Crippen molar-refractivity contribution in [1.29, 1.82) is 0 Å². The van der Waals surface area contributed by atoms with Crippen molar-refractivity contribution in [3.63, 3.8) is 0 Å². The highest BCUT2D eigenvalue weighted by Gasteiger charge is 2.22. The Labute approximate surface area is 239 Å². The van der Waals surface area contributed by atoms with E-state index in [2.05, 4.69) is 15.5 Å². The maximum absolute atomic E-state index is 14.9. The predicted octanol–water partition coefficient (Wildman–Crippen LogP) is 6.77. The number of carbonyl (C=O) groups excluding carboxylic acids is 1. The number of pyridine rings is 2. The van der Waals surface area contributed by atoms with Gasteiger partial charge in [0.05, 0.1) is 21.4 Å². The van der Waals surface area contributed by atoms with E-state index < -0.39 is 22.6 Å². The zero-order valence-corrected chi connectivity index (χ0v) is 23.2. The van der Waals surface area contributed by atoms with E-state index >= 15 is 0 Å². The molecule has 0 saturated heterocycles. The van der Waals surface area contributed by atoms with E-state index in [1.807, 2.05) is 0 Å². The monoisotopic (exact) mass is 584 g/mol. The molecule has 2 heterocycles. The molecule has 0 atom stereocenters. The van der Waals surface area contributed by atoms with Gasteiger partial charge in [0.2, 0.25) is 5.91 Å². The third-order valence-corrected chi connectivity index (χ3v) is 6.26. The molecule has 206 valence electrons. The smallest absolute Gasteiger partial charge is 0.255 e. The van der Waals surface area contributed by atoms with E-state index in [0.717, 1.165) is 12.1 Å². The number of anilines is 1. The topological polar surface area (TPSA) is 85.6 Å². The van der Waals surface area contributed by atoms with Crippen LogP contribution in [-0.2, 0) is 16.2 Å². The molecule has 0 radical (unpaired) electrons. The van der Waals surface area contributed by atoms with Crippen LogP contribution in [0.25, 0.3) is 5.69 Å². The summed E-state index contributed by atoms with van der Waals surface area (Å²) in [5, 5.41) is 7.32. The molecule has 1 amide bonds. The largest absolute Gasteiger partial charge is 0.389 e. The molecule has 11 heteroatoms. The average molecular weight is 585 g/mol. The van der Waals surface area contributed by atoms with Crippen molar-refractivity contribution < 1.29 is 18.4 Å². The summed E-state index contributed by atoms with van der Waals surface area (Å²) in [5.74, 6) is -1.54. The molecule has 4 aromatic rings. The van der Waals surface area contributed by atoms with Crippen LogP contribution in [-0.4, -0.2) is 21.2 Å². The Balaban J connectivity index is 1.71. The Morgan fingerprint density at radius 1 is 1.02 bits per heavy atom. The number of hydrogen-bond donors (Lipinski definition) is 1. The fraction of sp³-hybridized carbons (Fsp3) is 0.172. The third kappa shape index (κ3) is 6.73. The van der Waals surface area contributed by atoms with Gasteiger partial charge in [-0.25, -0.2) is 13.8 Å². The van der Waals surface area contributed by atoms with Crippen LogP contribution in [0.2, 0.25) is 10.0 Å². The van der Waals surface area contributed by atoms with Crippen molar-refractivity contribution in [2.24, 2.45) is 10.6 Å². The van der Waals surface area contributed by atoms with Crippen LogP contribution in [0.15, 0.2) is 82.9 Å². The quantitative estimate of drug-likeness (QED) is 0.192. The first-order valence-corrected chi connectivity index (χ1v) is 12.8. The third-order valence-electron chi connectivity index (χ3n) is 5.65. The summed E-state index contributed by atoms with van der Waals surface area (Å²) in [6.07, 6.45) is 1.39. The highest BCUT2D eigenvalue weighted by Crippen LogP contribution is 2.28. The molecule has 0 spiro atoms. The van der Waals surface area contributed by atoms with Gasteiger partial charge in [-0.1, -0.05) is 61.3 Å². The average Bonchev–Trinajstić information content (AvgIpc) is 2.88. The number of aromatic nitrogens is 2. The summed E-state index contributed by atoms with van der Waals surface area (Å²) in [4.78, 5) is 34.9. The number of amides is 1. The molecule has 0 fully saturated rings. The molecule has 0 bridgehead atoms. The highest BCUT2D eigenvalue weighted by atomic mass is 35.5. The van der Waals surface area contributed by atoms with Crippen molar-refractivity contribution >= 4 is 40.6 Å². The first kappa shape index (κ1) is 28.9. The van der Waals surface area contributed by atoms with E-state index in [0.29, 0.717) is 11.5 Å². The lowest BCUT2D eigenvalue weighted by Gasteiger charge is -2.17. The summed E-state index contributed by atoms with van der Waals surface area (Å²) in [6.45, 7) is 5.20. The van der Waals surface area contributed by atoms with Crippen LogP contribution in [0.4, 0.5) is 14.6 Å². The number of carbonyl (C=O) groups is 1. The molecular formula is C29H24Cl2F2N4O3. The Bertz CT molecular complexity index is 1650. The van der Waals surface area contributed by atoms with Crippen molar-refractivity contribution in [1.82, 2.24) is 9.55 Å². The van der Waals surface area contributed by atoms with E-state index in [1.165, 1.54) is 29.0 Å². The van der Waals surface area contributed by atoms with Crippen LogP contribution in [0.5, 0.6) is 0 Å². The predicted molar refractivity (Wildman–Crippen MR) is 151 cm³/mol. The lowest BCUT2D eigenvalue weighted by molar-refractivity contribution is -0.123. The molecular weight excluding hydrogens is 561 g/mol. The molecule has 4 rings (SSSR count). The van der Waals surface area contributed by atoms with Gasteiger partial charge >= 0.3 is 0 Å². The van der Waals surface area contributed by atoms with Gasteiger partial charge in [0.25, 0.3) is 5.56 Å². The number of nitrogens with zero attached hydrogens (tertiary/aromatic N) is 3. The molecule has 40 heavy (non-hydrogen) atoms. The van der Waals surface area contributed by atoms with E-state index in [9.17, 15) is 18.4 Å². The lowest BCUT2D eigenvalue weighted by atomic mass is 9.96. The van der Waals surface area contributed by atoms with Gasteiger partial charge in [-0.2, -0.15) is 0 Å². The fourth-order valence-electron chi connectivity index (χ4n) is 3.56. The fourth-order valence-corrected chi connectivity index (χ4v) is 4.14. The molecule has 0 saturated carbocycles. The highest BCUT2D eigenvalue weighted by molar-refractivity contribution is 6.37. The second-order valence-corrected chi connectivity index (χ2v) is 10.6. The molecule has 2 aromatic carbocycles.